The number of nitrogens with zero attached hydrogens (tertiary/aromatic N) is 3. The lowest BCUT2D eigenvalue weighted by Crippen LogP contribution is -2.59. The van der Waals surface area contributed by atoms with Crippen LogP contribution in [0.1, 0.15) is 0 Å². The number of carbonyl (C=O) groups is 3. The van der Waals surface area contributed by atoms with Crippen LogP contribution in [0, 0.1) is 0 Å². The summed E-state index contributed by atoms with van der Waals surface area (Å²) in [5.41, 5.74) is -2.09. The van der Waals surface area contributed by atoms with Gasteiger partial charge in [0.1, 0.15) is 6.54 Å². The standard InChI is InChI=1S/C8H11N3O7/c1-15-5(12)8(6(13)16-2)4-9-10-11(8)18-7(14)17-3/h4H2,1-3H3. The summed E-state index contributed by atoms with van der Waals surface area (Å²) in [6.45, 7) is -0.399. The van der Waals surface area contributed by atoms with Gasteiger partial charge in [0, 0.05) is 0 Å². The van der Waals surface area contributed by atoms with Gasteiger partial charge in [0.25, 0.3) is 0 Å². The average molecular weight is 261 g/mol. The van der Waals surface area contributed by atoms with Crippen molar-refractivity contribution in [3.63, 3.8) is 0 Å². The summed E-state index contributed by atoms with van der Waals surface area (Å²) in [5.74, 6) is -2.05. The normalized spacial score (nSPS) is 16.1. The van der Waals surface area contributed by atoms with Gasteiger partial charge in [-0.1, -0.05) is 5.17 Å². The summed E-state index contributed by atoms with van der Waals surface area (Å²) < 4.78 is 13.2. The minimum absolute atomic E-state index is 0.399. The smallest absolute Gasteiger partial charge is 0.467 e. The van der Waals surface area contributed by atoms with Gasteiger partial charge in [-0.3, -0.25) is 4.84 Å². The van der Waals surface area contributed by atoms with Gasteiger partial charge in [-0.2, -0.15) is 5.11 Å². The first kappa shape index (κ1) is 13.7. The number of methoxy groups -OCH3 is 3. The zero-order valence-electron chi connectivity index (χ0n) is 9.91. The van der Waals surface area contributed by atoms with Crippen LogP contribution in [-0.4, -0.2) is 56.7 Å². The van der Waals surface area contributed by atoms with Crippen LogP contribution >= 0.6 is 0 Å². The number of carbonyl (C=O) groups excluding carboxylic acids is 3. The van der Waals surface area contributed by atoms with E-state index in [2.05, 4.69) is 29.4 Å². The van der Waals surface area contributed by atoms with Crippen molar-refractivity contribution in [3.8, 4) is 0 Å². The Labute approximate surface area is 101 Å². The first-order chi connectivity index (χ1) is 8.52. The molecule has 10 heteroatoms. The lowest BCUT2D eigenvalue weighted by molar-refractivity contribution is -0.209. The second-order valence-electron chi connectivity index (χ2n) is 3.05. The van der Waals surface area contributed by atoms with E-state index < -0.39 is 30.2 Å². The fraction of sp³-hybridized carbons (Fsp3) is 0.625. The predicted octanol–water partition coefficient (Wildman–Crippen LogP) is -0.548. The maximum Gasteiger partial charge on any atom is 0.534 e. The highest BCUT2D eigenvalue weighted by molar-refractivity contribution is 6.05. The van der Waals surface area contributed by atoms with Crippen molar-refractivity contribution >= 4 is 18.1 Å². The van der Waals surface area contributed by atoms with E-state index in [0.29, 0.717) is 5.17 Å². The largest absolute Gasteiger partial charge is 0.534 e. The molecule has 0 fully saturated rings. The van der Waals surface area contributed by atoms with Crippen LogP contribution in [0.4, 0.5) is 4.79 Å². The SMILES string of the molecule is COC(=O)ON1N=NCC1(C(=O)OC)C(=O)OC. The molecule has 0 radical (unpaired) electrons. The van der Waals surface area contributed by atoms with E-state index in [1.54, 1.807) is 0 Å². The molecule has 0 saturated carbocycles. The second-order valence-corrected chi connectivity index (χ2v) is 3.05. The van der Waals surface area contributed by atoms with Crippen LogP contribution in [0.5, 0.6) is 0 Å². The molecule has 1 aliphatic heterocycles. The molecule has 0 aromatic carbocycles. The van der Waals surface area contributed by atoms with Crippen molar-refractivity contribution in [3.05, 3.63) is 0 Å². The van der Waals surface area contributed by atoms with Crippen molar-refractivity contribution in [1.82, 2.24) is 5.17 Å². The number of hydroxylamine groups is 1. The number of hydrogen-bond acceptors (Lipinski definition) is 10. The monoisotopic (exact) mass is 261 g/mol. The number of ether oxygens (including phenoxy) is 3. The first-order valence-corrected chi connectivity index (χ1v) is 4.63. The summed E-state index contributed by atoms with van der Waals surface area (Å²) in [6, 6.07) is 0. The molecule has 18 heavy (non-hydrogen) atoms. The minimum Gasteiger partial charge on any atom is -0.467 e. The highest BCUT2D eigenvalue weighted by Gasteiger charge is 2.60. The average Bonchev–Trinajstić information content (AvgIpc) is 2.81. The van der Waals surface area contributed by atoms with E-state index in [1.807, 2.05) is 0 Å². The Bertz CT molecular complexity index is 378. The summed E-state index contributed by atoms with van der Waals surface area (Å²) >= 11 is 0. The van der Waals surface area contributed by atoms with E-state index in [4.69, 9.17) is 0 Å². The zero-order valence-corrected chi connectivity index (χ0v) is 9.91. The van der Waals surface area contributed by atoms with Gasteiger partial charge in [0.15, 0.2) is 0 Å². The Morgan fingerprint density at radius 1 is 1.06 bits per heavy atom. The van der Waals surface area contributed by atoms with Gasteiger partial charge < -0.3 is 14.2 Å². The minimum atomic E-state index is -2.09. The van der Waals surface area contributed by atoms with Gasteiger partial charge in [-0.25, -0.2) is 14.4 Å². The summed E-state index contributed by atoms with van der Waals surface area (Å²) in [4.78, 5) is 38.9. The Kier molecular flexibility index (Phi) is 4.02. The Morgan fingerprint density at radius 3 is 2.06 bits per heavy atom. The van der Waals surface area contributed by atoms with Gasteiger partial charge in [-0.15, -0.1) is 0 Å². The van der Waals surface area contributed by atoms with E-state index in [9.17, 15) is 14.4 Å². The topological polar surface area (TPSA) is 116 Å². The van der Waals surface area contributed by atoms with Crippen LogP contribution in [0.15, 0.2) is 10.3 Å². The molecule has 100 valence electrons. The highest BCUT2D eigenvalue weighted by atomic mass is 16.8. The van der Waals surface area contributed by atoms with Crippen LogP contribution in [0.25, 0.3) is 0 Å². The molecular weight excluding hydrogens is 250 g/mol. The van der Waals surface area contributed by atoms with Crippen molar-refractivity contribution in [1.29, 1.82) is 0 Å². The number of rotatable bonds is 3. The molecule has 10 nitrogen and oxygen atoms in total. The third kappa shape index (κ3) is 2.04. The lowest BCUT2D eigenvalue weighted by Gasteiger charge is -2.27. The molecular formula is C8H11N3O7. The molecule has 0 N–H and O–H groups in total. The third-order valence-corrected chi connectivity index (χ3v) is 2.14. The summed E-state index contributed by atoms with van der Waals surface area (Å²) in [5, 5.41) is 7.21. The molecule has 0 amide bonds. The fourth-order valence-electron chi connectivity index (χ4n) is 1.24. The zero-order chi connectivity index (χ0) is 13.8. The summed E-state index contributed by atoms with van der Waals surface area (Å²) in [6.07, 6.45) is -1.17. The van der Waals surface area contributed by atoms with Crippen molar-refractivity contribution in [2.75, 3.05) is 27.9 Å². The molecule has 0 spiro atoms. The van der Waals surface area contributed by atoms with Crippen LogP contribution < -0.4 is 0 Å². The van der Waals surface area contributed by atoms with Gasteiger partial charge >= 0.3 is 23.6 Å². The maximum absolute atomic E-state index is 11.7. The van der Waals surface area contributed by atoms with Crippen LogP contribution in [-0.2, 0) is 28.6 Å². The first-order valence-electron chi connectivity index (χ1n) is 4.63. The molecule has 1 heterocycles. The van der Waals surface area contributed by atoms with E-state index in [0.717, 1.165) is 21.3 Å². The van der Waals surface area contributed by atoms with Crippen molar-refractivity contribution in [2.24, 2.45) is 10.3 Å². The molecule has 0 saturated heterocycles. The number of hydrogen-bond donors (Lipinski definition) is 0. The fourth-order valence-corrected chi connectivity index (χ4v) is 1.24. The second kappa shape index (κ2) is 5.29. The molecule has 0 aliphatic carbocycles. The number of esters is 2. The van der Waals surface area contributed by atoms with E-state index in [1.165, 1.54) is 0 Å². The predicted molar refractivity (Wildman–Crippen MR) is 51.8 cm³/mol. The molecule has 0 aromatic rings. The highest BCUT2D eigenvalue weighted by Crippen LogP contribution is 2.27. The molecule has 0 atom stereocenters. The third-order valence-electron chi connectivity index (χ3n) is 2.14. The van der Waals surface area contributed by atoms with Gasteiger partial charge in [-0.05, 0) is 5.22 Å². The Morgan fingerprint density at radius 2 is 1.61 bits per heavy atom. The van der Waals surface area contributed by atoms with Crippen molar-refractivity contribution < 1.29 is 33.4 Å². The van der Waals surface area contributed by atoms with E-state index in [-0.39, 0.29) is 0 Å². The molecule has 1 rings (SSSR count). The van der Waals surface area contributed by atoms with Crippen molar-refractivity contribution in [2.45, 2.75) is 5.54 Å². The Balaban J connectivity index is 3.06. The van der Waals surface area contributed by atoms with E-state index >= 15 is 0 Å². The Hall–Kier alpha value is -2.39. The summed E-state index contributed by atoms with van der Waals surface area (Å²) in [7, 11) is 3.16. The quantitative estimate of drug-likeness (QED) is 0.377. The molecule has 0 bridgehead atoms. The van der Waals surface area contributed by atoms with Gasteiger partial charge in [0.2, 0.25) is 0 Å². The van der Waals surface area contributed by atoms with Crippen LogP contribution in [0.3, 0.4) is 0 Å². The molecule has 0 unspecified atom stereocenters. The van der Waals surface area contributed by atoms with Gasteiger partial charge in [0.05, 0.1) is 21.3 Å². The molecule has 0 aromatic heterocycles. The van der Waals surface area contributed by atoms with Crippen LogP contribution in [0.2, 0.25) is 0 Å². The lowest BCUT2D eigenvalue weighted by atomic mass is 10.0. The molecule has 1 aliphatic rings. The maximum atomic E-state index is 11.7.